The van der Waals surface area contributed by atoms with Crippen LogP contribution in [0.15, 0.2) is 49.0 Å². The van der Waals surface area contributed by atoms with Gasteiger partial charge in [-0.25, -0.2) is 4.79 Å². The number of carbonyl (C=O) groups is 2. The first-order chi connectivity index (χ1) is 19.2. The van der Waals surface area contributed by atoms with Gasteiger partial charge in [0.1, 0.15) is 12.3 Å². The molecular formula is C33H43N3O4. The zero-order valence-corrected chi connectivity index (χ0v) is 24.4. The van der Waals surface area contributed by atoms with Crippen LogP contribution in [0.3, 0.4) is 0 Å². The fraction of sp³-hybridized carbons (Fsp3) is 0.455. The lowest BCUT2D eigenvalue weighted by molar-refractivity contribution is -0.129. The summed E-state index contributed by atoms with van der Waals surface area (Å²) in [4.78, 5) is 28.8. The van der Waals surface area contributed by atoms with Crippen LogP contribution >= 0.6 is 0 Å². The van der Waals surface area contributed by atoms with Gasteiger partial charge in [-0.2, -0.15) is 0 Å². The minimum absolute atomic E-state index is 0.0693. The lowest BCUT2D eigenvalue weighted by atomic mass is 9.95. The maximum atomic E-state index is 13.0. The van der Waals surface area contributed by atoms with E-state index in [0.717, 1.165) is 90.7 Å². The number of allylic oxidation sites excluding steroid dienone is 1. The van der Waals surface area contributed by atoms with E-state index >= 15 is 0 Å². The molecule has 1 fully saturated rings. The van der Waals surface area contributed by atoms with Crippen molar-refractivity contribution in [3.63, 3.8) is 0 Å². The molecule has 4 rings (SSSR count). The van der Waals surface area contributed by atoms with Gasteiger partial charge < -0.3 is 24.2 Å². The highest BCUT2D eigenvalue weighted by Gasteiger charge is 2.24. The molecule has 0 spiro atoms. The monoisotopic (exact) mass is 545 g/mol. The van der Waals surface area contributed by atoms with Crippen molar-refractivity contribution in [2.75, 3.05) is 40.8 Å². The summed E-state index contributed by atoms with van der Waals surface area (Å²) in [6.07, 6.45) is 6.38. The van der Waals surface area contributed by atoms with Gasteiger partial charge in [0.2, 0.25) is 5.91 Å². The summed E-state index contributed by atoms with van der Waals surface area (Å²) in [6.45, 7) is 9.67. The quantitative estimate of drug-likeness (QED) is 0.266. The lowest BCUT2D eigenvalue weighted by Gasteiger charge is -2.28. The Morgan fingerprint density at radius 2 is 1.77 bits per heavy atom. The van der Waals surface area contributed by atoms with Crippen molar-refractivity contribution in [1.29, 1.82) is 0 Å². The molecule has 7 heteroatoms. The van der Waals surface area contributed by atoms with Gasteiger partial charge in [-0.3, -0.25) is 4.79 Å². The summed E-state index contributed by atoms with van der Waals surface area (Å²) in [5.74, 6) is 0.327. The Hall–Kier alpha value is -3.58. The summed E-state index contributed by atoms with van der Waals surface area (Å²) >= 11 is 0. The van der Waals surface area contributed by atoms with E-state index in [-0.39, 0.29) is 18.0 Å². The average Bonchev–Trinajstić information content (AvgIpc) is 3.26. The van der Waals surface area contributed by atoms with Crippen molar-refractivity contribution in [1.82, 2.24) is 14.4 Å². The Labute approximate surface area is 238 Å². The predicted molar refractivity (Wildman–Crippen MR) is 162 cm³/mol. The number of hydrogen-bond acceptors (Lipinski definition) is 4. The molecule has 1 aliphatic rings. The van der Waals surface area contributed by atoms with Gasteiger partial charge in [-0.05, 0) is 99.3 Å². The molecular weight excluding hydrogens is 502 g/mol. The number of likely N-dealkylation sites (tertiary alicyclic amines) is 1. The van der Waals surface area contributed by atoms with E-state index in [1.165, 1.54) is 0 Å². The number of hydrogen-bond donors (Lipinski definition) is 1. The van der Waals surface area contributed by atoms with Crippen LogP contribution in [0.2, 0.25) is 0 Å². The molecule has 40 heavy (non-hydrogen) atoms. The number of carboxylic acid groups (broad SMARTS) is 1. The van der Waals surface area contributed by atoms with Crippen molar-refractivity contribution in [2.45, 2.75) is 52.0 Å². The number of aromatic carboxylic acids is 1. The number of piperidine rings is 1. The molecule has 0 atom stereocenters. The summed E-state index contributed by atoms with van der Waals surface area (Å²) in [6, 6.07) is 13.2. The highest BCUT2D eigenvalue weighted by molar-refractivity contribution is 6.04. The summed E-state index contributed by atoms with van der Waals surface area (Å²) < 4.78 is 8.13. The third-order valence-corrected chi connectivity index (χ3v) is 7.99. The van der Waals surface area contributed by atoms with Crippen molar-refractivity contribution < 1.29 is 19.4 Å². The number of unbranched alkanes of at least 4 members (excludes halogenated alkanes) is 2. The van der Waals surface area contributed by atoms with Crippen LogP contribution in [0.25, 0.3) is 27.7 Å². The Morgan fingerprint density at radius 3 is 2.40 bits per heavy atom. The first kappa shape index (κ1) is 29.4. The van der Waals surface area contributed by atoms with Gasteiger partial charge in [0, 0.05) is 25.0 Å². The van der Waals surface area contributed by atoms with Crippen LogP contribution in [0.5, 0.6) is 5.75 Å². The van der Waals surface area contributed by atoms with Crippen molar-refractivity contribution in [3.05, 3.63) is 60.2 Å². The number of fused-ring (bicyclic) bond motifs is 1. The van der Waals surface area contributed by atoms with Crippen LogP contribution in [0.1, 0.15) is 61.4 Å². The largest absolute Gasteiger partial charge is 0.493 e. The first-order valence-electron chi connectivity index (χ1n) is 14.4. The van der Waals surface area contributed by atoms with E-state index < -0.39 is 5.97 Å². The maximum Gasteiger partial charge on any atom is 0.335 e. The third kappa shape index (κ3) is 6.76. The molecule has 1 N–H and O–H groups in total. The SMILES string of the molecule is C=C(CCCCC)c1c(-c2ccc(OCC3CCN(C)CC3)cc2)n(CC(=O)N(C)C)c2cc(C(=O)O)ccc12. The van der Waals surface area contributed by atoms with Crippen LogP contribution in [0, 0.1) is 5.92 Å². The second-order valence-electron chi connectivity index (χ2n) is 11.3. The number of carbonyl (C=O) groups excluding carboxylic acids is 1. The average molecular weight is 546 g/mol. The molecule has 2 heterocycles. The smallest absolute Gasteiger partial charge is 0.335 e. The second kappa shape index (κ2) is 13.2. The Balaban J connectivity index is 1.76. The highest BCUT2D eigenvalue weighted by atomic mass is 16.5. The topological polar surface area (TPSA) is 75.0 Å². The number of likely N-dealkylation sites (N-methyl/N-ethyl adjacent to an activating group) is 1. The minimum Gasteiger partial charge on any atom is -0.493 e. The lowest BCUT2D eigenvalue weighted by Crippen LogP contribution is -2.32. The molecule has 0 saturated carbocycles. The molecule has 1 saturated heterocycles. The standard InChI is InChI=1S/C33H43N3O4/c1-6-7-8-9-23(2)31-28-15-12-26(33(38)39)20-29(28)36(21-30(37)34(3)4)32(31)25-10-13-27(14-11-25)40-22-24-16-18-35(5)19-17-24/h10-15,20,24H,2,6-9,16-19,21-22H2,1,3-5H3,(H,38,39). The Morgan fingerprint density at radius 1 is 1.07 bits per heavy atom. The van der Waals surface area contributed by atoms with E-state index in [9.17, 15) is 14.7 Å². The van der Waals surface area contributed by atoms with Crippen LogP contribution in [-0.2, 0) is 11.3 Å². The van der Waals surface area contributed by atoms with Gasteiger partial charge in [0.15, 0.2) is 0 Å². The molecule has 0 bridgehead atoms. The molecule has 0 unspecified atom stereocenters. The number of aromatic nitrogens is 1. The van der Waals surface area contributed by atoms with E-state index in [0.29, 0.717) is 12.5 Å². The number of nitrogens with zero attached hydrogens (tertiary/aromatic N) is 3. The molecule has 2 aromatic carbocycles. The van der Waals surface area contributed by atoms with Crippen LogP contribution in [-0.4, -0.2) is 72.2 Å². The van der Waals surface area contributed by atoms with Gasteiger partial charge in [-0.1, -0.05) is 32.4 Å². The first-order valence-corrected chi connectivity index (χ1v) is 14.4. The van der Waals surface area contributed by atoms with Gasteiger partial charge in [-0.15, -0.1) is 0 Å². The molecule has 7 nitrogen and oxygen atoms in total. The molecule has 0 aliphatic carbocycles. The van der Waals surface area contributed by atoms with Crippen molar-refractivity contribution in [3.8, 4) is 17.0 Å². The normalized spacial score (nSPS) is 14.4. The van der Waals surface area contributed by atoms with E-state index in [1.54, 1.807) is 31.1 Å². The van der Waals surface area contributed by atoms with E-state index in [4.69, 9.17) is 4.74 Å². The number of ether oxygens (including phenoxy) is 1. The minimum atomic E-state index is -0.996. The molecule has 1 aliphatic heterocycles. The van der Waals surface area contributed by atoms with E-state index in [2.05, 4.69) is 25.5 Å². The van der Waals surface area contributed by atoms with Gasteiger partial charge in [0.25, 0.3) is 0 Å². The maximum absolute atomic E-state index is 13.0. The van der Waals surface area contributed by atoms with Crippen molar-refractivity contribution in [2.24, 2.45) is 5.92 Å². The number of carboxylic acids is 1. The molecule has 1 amide bonds. The van der Waals surface area contributed by atoms with Gasteiger partial charge in [0.05, 0.1) is 23.4 Å². The number of rotatable bonds is 12. The summed E-state index contributed by atoms with van der Waals surface area (Å²) in [5.41, 5.74) is 4.72. The molecule has 1 aromatic heterocycles. The number of benzene rings is 2. The predicted octanol–water partition coefficient (Wildman–Crippen LogP) is 6.41. The van der Waals surface area contributed by atoms with Crippen LogP contribution in [0.4, 0.5) is 0 Å². The fourth-order valence-corrected chi connectivity index (χ4v) is 5.45. The zero-order chi connectivity index (χ0) is 28.8. The Kier molecular flexibility index (Phi) is 9.69. The third-order valence-electron chi connectivity index (χ3n) is 7.99. The fourth-order valence-electron chi connectivity index (χ4n) is 5.45. The van der Waals surface area contributed by atoms with Crippen LogP contribution < -0.4 is 4.74 Å². The van der Waals surface area contributed by atoms with Crippen molar-refractivity contribution >= 4 is 28.4 Å². The molecule has 0 radical (unpaired) electrons. The Bertz CT molecular complexity index is 1350. The second-order valence-corrected chi connectivity index (χ2v) is 11.3. The molecule has 3 aromatic rings. The summed E-state index contributed by atoms with van der Waals surface area (Å²) in [7, 11) is 5.63. The van der Waals surface area contributed by atoms with E-state index in [1.807, 2.05) is 34.9 Å². The molecule has 214 valence electrons. The van der Waals surface area contributed by atoms with Gasteiger partial charge >= 0.3 is 5.97 Å². The summed E-state index contributed by atoms with van der Waals surface area (Å²) in [5, 5.41) is 10.6. The zero-order valence-electron chi connectivity index (χ0n) is 24.4. The number of amides is 1. The highest BCUT2D eigenvalue weighted by Crippen LogP contribution is 2.40.